The molecular formula is C18H27N3O2. The molecule has 0 aliphatic carbocycles. The number of para-hydroxylation sites is 1. The molecule has 2 saturated heterocycles. The molecule has 3 N–H and O–H groups in total. The molecule has 5 heteroatoms. The molecule has 1 amide bonds. The third kappa shape index (κ3) is 3.67. The fraction of sp³-hybridized carbons (Fsp3) is 0.611. The van der Waals surface area contributed by atoms with E-state index in [4.69, 9.17) is 10.5 Å². The summed E-state index contributed by atoms with van der Waals surface area (Å²) in [6.45, 7) is 3.64. The zero-order valence-corrected chi connectivity index (χ0v) is 13.7. The summed E-state index contributed by atoms with van der Waals surface area (Å²) >= 11 is 0. The van der Waals surface area contributed by atoms with E-state index in [1.165, 1.54) is 5.69 Å². The number of nitrogens with two attached hydrogens (primary N) is 1. The Kier molecular flexibility index (Phi) is 5.18. The summed E-state index contributed by atoms with van der Waals surface area (Å²) in [5.74, 6) is 0.126. The molecule has 0 spiro atoms. The molecule has 0 unspecified atom stereocenters. The topological polar surface area (TPSA) is 67.6 Å². The monoisotopic (exact) mass is 317 g/mol. The van der Waals surface area contributed by atoms with E-state index in [-0.39, 0.29) is 11.9 Å². The van der Waals surface area contributed by atoms with Gasteiger partial charge in [0, 0.05) is 44.6 Å². The molecule has 2 aliphatic rings. The number of carbonyl (C=O) groups is 1. The molecule has 3 rings (SSSR count). The van der Waals surface area contributed by atoms with Crippen LogP contribution >= 0.6 is 0 Å². The number of nitrogens with one attached hydrogen (secondary N) is 1. The Morgan fingerprint density at radius 1 is 1.22 bits per heavy atom. The van der Waals surface area contributed by atoms with Crippen LogP contribution in [0.25, 0.3) is 0 Å². The van der Waals surface area contributed by atoms with Crippen molar-refractivity contribution in [2.45, 2.75) is 31.7 Å². The fourth-order valence-corrected chi connectivity index (χ4v) is 3.55. The van der Waals surface area contributed by atoms with Crippen molar-refractivity contribution in [3.8, 4) is 0 Å². The zero-order valence-electron chi connectivity index (χ0n) is 13.7. The summed E-state index contributed by atoms with van der Waals surface area (Å²) in [4.78, 5) is 15.1. The third-order valence-corrected chi connectivity index (χ3v) is 5.27. The van der Waals surface area contributed by atoms with Crippen LogP contribution in [-0.2, 0) is 9.53 Å². The molecule has 23 heavy (non-hydrogen) atoms. The summed E-state index contributed by atoms with van der Waals surface area (Å²) in [6.07, 6.45) is 3.44. The minimum atomic E-state index is -0.422. The van der Waals surface area contributed by atoms with Crippen molar-refractivity contribution >= 4 is 11.6 Å². The van der Waals surface area contributed by atoms with E-state index < -0.39 is 5.41 Å². The molecule has 5 nitrogen and oxygen atoms in total. The van der Waals surface area contributed by atoms with Crippen molar-refractivity contribution in [1.29, 1.82) is 0 Å². The van der Waals surface area contributed by atoms with Gasteiger partial charge in [0.15, 0.2) is 0 Å². The largest absolute Gasteiger partial charge is 0.381 e. The van der Waals surface area contributed by atoms with Gasteiger partial charge in [-0.25, -0.2) is 0 Å². The highest BCUT2D eigenvalue weighted by Gasteiger charge is 2.39. The van der Waals surface area contributed by atoms with E-state index in [2.05, 4.69) is 34.5 Å². The van der Waals surface area contributed by atoms with Gasteiger partial charge in [0.25, 0.3) is 0 Å². The maximum Gasteiger partial charge on any atom is 0.227 e. The van der Waals surface area contributed by atoms with Crippen molar-refractivity contribution in [3.05, 3.63) is 30.3 Å². The van der Waals surface area contributed by atoms with Gasteiger partial charge in [-0.3, -0.25) is 4.79 Å². The molecule has 0 saturated carbocycles. The SMILES string of the molecule is NCC1(C(=O)NC2CCN(c3ccccc3)CC2)CCOCC1. The molecule has 0 bridgehead atoms. The van der Waals surface area contributed by atoms with Gasteiger partial charge in [-0.1, -0.05) is 18.2 Å². The fourth-order valence-electron chi connectivity index (χ4n) is 3.55. The van der Waals surface area contributed by atoms with Gasteiger partial charge in [0.2, 0.25) is 5.91 Å². The lowest BCUT2D eigenvalue weighted by Crippen LogP contribution is -2.53. The molecular weight excluding hydrogens is 290 g/mol. The van der Waals surface area contributed by atoms with Crippen LogP contribution in [0, 0.1) is 5.41 Å². The molecule has 0 aromatic heterocycles. The van der Waals surface area contributed by atoms with Crippen molar-refractivity contribution in [2.24, 2.45) is 11.1 Å². The van der Waals surface area contributed by atoms with Crippen molar-refractivity contribution in [3.63, 3.8) is 0 Å². The number of ether oxygens (including phenoxy) is 1. The van der Waals surface area contributed by atoms with Gasteiger partial charge >= 0.3 is 0 Å². The Bertz CT molecular complexity index is 506. The lowest BCUT2D eigenvalue weighted by atomic mass is 9.79. The number of piperidine rings is 1. The second-order valence-electron chi connectivity index (χ2n) is 6.67. The van der Waals surface area contributed by atoms with Crippen LogP contribution in [-0.4, -0.2) is 44.8 Å². The minimum Gasteiger partial charge on any atom is -0.381 e. The first-order valence-electron chi connectivity index (χ1n) is 8.62. The lowest BCUT2D eigenvalue weighted by molar-refractivity contribution is -0.136. The maximum atomic E-state index is 12.7. The van der Waals surface area contributed by atoms with Crippen LogP contribution in [0.4, 0.5) is 5.69 Å². The lowest BCUT2D eigenvalue weighted by Gasteiger charge is -2.38. The van der Waals surface area contributed by atoms with Crippen LogP contribution < -0.4 is 16.0 Å². The number of benzene rings is 1. The maximum absolute atomic E-state index is 12.7. The van der Waals surface area contributed by atoms with Gasteiger partial charge in [0.05, 0.1) is 5.41 Å². The van der Waals surface area contributed by atoms with Gasteiger partial charge in [-0.15, -0.1) is 0 Å². The molecule has 1 aromatic carbocycles. The number of nitrogens with zero attached hydrogens (tertiary/aromatic N) is 1. The van der Waals surface area contributed by atoms with Gasteiger partial charge in [-0.2, -0.15) is 0 Å². The Balaban J connectivity index is 1.53. The first kappa shape index (κ1) is 16.3. The highest BCUT2D eigenvalue weighted by atomic mass is 16.5. The van der Waals surface area contributed by atoms with E-state index in [0.29, 0.717) is 19.8 Å². The van der Waals surface area contributed by atoms with Crippen molar-refractivity contribution in [2.75, 3.05) is 37.7 Å². The van der Waals surface area contributed by atoms with E-state index in [1.54, 1.807) is 0 Å². The summed E-state index contributed by atoms with van der Waals surface area (Å²) < 4.78 is 5.39. The van der Waals surface area contributed by atoms with Crippen molar-refractivity contribution < 1.29 is 9.53 Å². The highest BCUT2D eigenvalue weighted by molar-refractivity contribution is 5.83. The van der Waals surface area contributed by atoms with Gasteiger partial charge < -0.3 is 20.7 Å². The minimum absolute atomic E-state index is 0.126. The predicted octanol–water partition coefficient (Wildman–Crippen LogP) is 1.53. The first-order valence-corrected chi connectivity index (χ1v) is 8.62. The molecule has 2 aliphatic heterocycles. The molecule has 0 radical (unpaired) electrons. The second-order valence-corrected chi connectivity index (χ2v) is 6.67. The smallest absolute Gasteiger partial charge is 0.227 e. The number of amides is 1. The van der Waals surface area contributed by atoms with E-state index >= 15 is 0 Å². The number of rotatable bonds is 4. The highest BCUT2D eigenvalue weighted by Crippen LogP contribution is 2.30. The summed E-state index contributed by atoms with van der Waals surface area (Å²) in [7, 11) is 0. The van der Waals surface area contributed by atoms with Crippen LogP contribution in [0.2, 0.25) is 0 Å². The summed E-state index contributed by atoms with van der Waals surface area (Å²) in [6, 6.07) is 10.7. The summed E-state index contributed by atoms with van der Waals surface area (Å²) in [5, 5.41) is 3.25. The Morgan fingerprint density at radius 3 is 2.48 bits per heavy atom. The average molecular weight is 317 g/mol. The van der Waals surface area contributed by atoms with E-state index in [1.807, 2.05) is 6.07 Å². The molecule has 0 atom stereocenters. The number of hydrogen-bond donors (Lipinski definition) is 2. The number of hydrogen-bond acceptors (Lipinski definition) is 4. The number of carbonyl (C=O) groups excluding carboxylic acids is 1. The molecule has 1 aromatic rings. The van der Waals surface area contributed by atoms with Crippen molar-refractivity contribution in [1.82, 2.24) is 5.32 Å². The predicted molar refractivity (Wildman–Crippen MR) is 91.4 cm³/mol. The normalized spacial score (nSPS) is 21.9. The van der Waals surface area contributed by atoms with E-state index in [9.17, 15) is 4.79 Å². The van der Waals surface area contributed by atoms with Crippen LogP contribution in [0.3, 0.4) is 0 Å². The standard InChI is InChI=1S/C18H27N3O2/c19-14-18(8-12-23-13-9-18)17(22)20-15-6-10-21(11-7-15)16-4-2-1-3-5-16/h1-5,15H,6-14,19H2,(H,20,22). The first-order chi connectivity index (χ1) is 11.2. The second kappa shape index (κ2) is 7.32. The zero-order chi connectivity index (χ0) is 16.1. The van der Waals surface area contributed by atoms with Gasteiger partial charge in [-0.05, 0) is 37.8 Å². The third-order valence-electron chi connectivity index (χ3n) is 5.27. The Hall–Kier alpha value is -1.59. The van der Waals surface area contributed by atoms with Gasteiger partial charge in [0.1, 0.15) is 0 Å². The summed E-state index contributed by atoms with van der Waals surface area (Å²) in [5.41, 5.74) is 6.76. The van der Waals surface area contributed by atoms with Crippen LogP contribution in [0.15, 0.2) is 30.3 Å². The Labute approximate surface area is 138 Å². The van der Waals surface area contributed by atoms with Crippen LogP contribution in [0.5, 0.6) is 0 Å². The van der Waals surface area contributed by atoms with E-state index in [0.717, 1.165) is 38.8 Å². The van der Waals surface area contributed by atoms with Crippen LogP contribution in [0.1, 0.15) is 25.7 Å². The molecule has 126 valence electrons. The number of anilines is 1. The molecule has 2 fully saturated rings. The molecule has 2 heterocycles. The quantitative estimate of drug-likeness (QED) is 0.884. The Morgan fingerprint density at radius 2 is 1.87 bits per heavy atom. The average Bonchev–Trinajstić information content (AvgIpc) is 2.63.